The molecule has 1 atom stereocenters. The van der Waals surface area contributed by atoms with E-state index in [1.54, 1.807) is 11.3 Å². The van der Waals surface area contributed by atoms with Gasteiger partial charge in [-0.15, -0.1) is 11.3 Å². The molecule has 2 N–H and O–H groups in total. The molecule has 0 spiro atoms. The van der Waals surface area contributed by atoms with Crippen LogP contribution in [0.4, 0.5) is 0 Å². The first-order chi connectivity index (χ1) is 6.40. The molecule has 2 rings (SSSR count). The number of hydrogen-bond donors (Lipinski definition) is 2. The standard InChI is InChI=1S/C9H13NO2S/c11-4-8-3-7(6-13-8)9-5-12-2-1-10-9/h3,6,9-11H,1-2,4-5H2/t9-/m0/s1. The minimum absolute atomic E-state index is 0.137. The van der Waals surface area contributed by atoms with Gasteiger partial charge in [0.25, 0.3) is 0 Å². The number of rotatable bonds is 2. The molecular weight excluding hydrogens is 186 g/mol. The first-order valence-corrected chi connectivity index (χ1v) is 5.27. The number of morpholine rings is 1. The SMILES string of the molecule is OCc1cc([C@@H]2COCCN2)cs1. The molecule has 3 nitrogen and oxygen atoms in total. The number of aliphatic hydroxyl groups is 1. The molecule has 0 saturated carbocycles. The van der Waals surface area contributed by atoms with Gasteiger partial charge >= 0.3 is 0 Å². The number of aliphatic hydroxyl groups excluding tert-OH is 1. The van der Waals surface area contributed by atoms with E-state index in [0.717, 1.165) is 24.6 Å². The van der Waals surface area contributed by atoms with Crippen molar-refractivity contribution in [3.8, 4) is 0 Å². The van der Waals surface area contributed by atoms with Crippen LogP contribution in [-0.4, -0.2) is 24.9 Å². The van der Waals surface area contributed by atoms with E-state index in [9.17, 15) is 0 Å². The zero-order valence-corrected chi connectivity index (χ0v) is 8.14. The molecule has 0 radical (unpaired) electrons. The van der Waals surface area contributed by atoms with E-state index in [4.69, 9.17) is 9.84 Å². The van der Waals surface area contributed by atoms with Crippen LogP contribution in [-0.2, 0) is 11.3 Å². The van der Waals surface area contributed by atoms with Crippen molar-refractivity contribution < 1.29 is 9.84 Å². The van der Waals surface area contributed by atoms with Crippen molar-refractivity contribution in [2.75, 3.05) is 19.8 Å². The van der Waals surface area contributed by atoms with Gasteiger partial charge < -0.3 is 15.2 Å². The van der Waals surface area contributed by atoms with Gasteiger partial charge in [-0.25, -0.2) is 0 Å². The molecule has 0 bridgehead atoms. The first-order valence-electron chi connectivity index (χ1n) is 4.39. The fourth-order valence-electron chi connectivity index (χ4n) is 1.44. The highest BCUT2D eigenvalue weighted by atomic mass is 32.1. The van der Waals surface area contributed by atoms with Crippen LogP contribution in [0.15, 0.2) is 11.4 Å². The highest BCUT2D eigenvalue weighted by molar-refractivity contribution is 7.10. The molecule has 1 aromatic heterocycles. The minimum atomic E-state index is 0.137. The van der Waals surface area contributed by atoms with E-state index in [1.165, 1.54) is 5.56 Å². The second kappa shape index (κ2) is 4.19. The average molecular weight is 199 g/mol. The van der Waals surface area contributed by atoms with Crippen molar-refractivity contribution in [1.29, 1.82) is 0 Å². The first kappa shape index (κ1) is 9.15. The van der Waals surface area contributed by atoms with E-state index < -0.39 is 0 Å². The highest BCUT2D eigenvalue weighted by Crippen LogP contribution is 2.22. The summed E-state index contributed by atoms with van der Waals surface area (Å²) in [6, 6.07) is 2.35. The summed E-state index contributed by atoms with van der Waals surface area (Å²) in [5.41, 5.74) is 1.23. The molecule has 1 saturated heterocycles. The van der Waals surface area contributed by atoms with E-state index in [2.05, 4.69) is 10.7 Å². The third kappa shape index (κ3) is 2.08. The lowest BCUT2D eigenvalue weighted by Crippen LogP contribution is -2.34. The fourth-order valence-corrected chi connectivity index (χ4v) is 2.24. The van der Waals surface area contributed by atoms with Crippen molar-refractivity contribution in [2.24, 2.45) is 0 Å². The second-order valence-corrected chi connectivity index (χ2v) is 4.08. The van der Waals surface area contributed by atoms with Crippen LogP contribution in [0, 0.1) is 0 Å². The minimum Gasteiger partial charge on any atom is -0.391 e. The molecule has 0 unspecified atom stereocenters. The van der Waals surface area contributed by atoms with E-state index in [0.29, 0.717) is 6.04 Å². The van der Waals surface area contributed by atoms with Crippen LogP contribution in [0.3, 0.4) is 0 Å². The zero-order valence-electron chi connectivity index (χ0n) is 7.32. The molecule has 0 aliphatic carbocycles. The van der Waals surface area contributed by atoms with Crippen molar-refractivity contribution in [3.63, 3.8) is 0 Å². The zero-order chi connectivity index (χ0) is 9.10. The van der Waals surface area contributed by atoms with Gasteiger partial charge in [-0.05, 0) is 17.0 Å². The number of hydrogen-bond acceptors (Lipinski definition) is 4. The topological polar surface area (TPSA) is 41.5 Å². The molecule has 1 aromatic rings. The number of thiophene rings is 1. The maximum absolute atomic E-state index is 8.91. The fraction of sp³-hybridized carbons (Fsp3) is 0.556. The Morgan fingerprint density at radius 3 is 3.23 bits per heavy atom. The van der Waals surface area contributed by atoms with E-state index >= 15 is 0 Å². The van der Waals surface area contributed by atoms with Crippen molar-refractivity contribution in [2.45, 2.75) is 12.6 Å². The summed E-state index contributed by atoms with van der Waals surface area (Å²) in [6.45, 7) is 2.59. The molecule has 1 aliphatic rings. The van der Waals surface area contributed by atoms with Gasteiger partial charge in [0.2, 0.25) is 0 Å². The Balaban J connectivity index is 2.05. The Kier molecular flexibility index (Phi) is 2.95. The summed E-state index contributed by atoms with van der Waals surface area (Å²) in [5, 5.41) is 14.4. The van der Waals surface area contributed by atoms with Crippen LogP contribution >= 0.6 is 11.3 Å². The summed E-state index contributed by atoms with van der Waals surface area (Å²) in [6.07, 6.45) is 0. The van der Waals surface area contributed by atoms with Gasteiger partial charge in [0.15, 0.2) is 0 Å². The molecule has 1 fully saturated rings. The smallest absolute Gasteiger partial charge is 0.0774 e. The van der Waals surface area contributed by atoms with Gasteiger partial charge in [0, 0.05) is 11.4 Å². The molecule has 0 amide bonds. The molecule has 2 heterocycles. The second-order valence-electron chi connectivity index (χ2n) is 3.09. The number of ether oxygens (including phenoxy) is 1. The van der Waals surface area contributed by atoms with Crippen LogP contribution < -0.4 is 5.32 Å². The Morgan fingerprint density at radius 2 is 2.62 bits per heavy atom. The van der Waals surface area contributed by atoms with Crippen LogP contribution in [0.2, 0.25) is 0 Å². The molecule has 0 aromatic carbocycles. The Morgan fingerprint density at radius 1 is 1.69 bits per heavy atom. The van der Waals surface area contributed by atoms with Gasteiger partial charge in [0.1, 0.15) is 0 Å². The van der Waals surface area contributed by atoms with Crippen molar-refractivity contribution in [3.05, 3.63) is 21.9 Å². The average Bonchev–Trinajstić information content (AvgIpc) is 2.67. The van der Waals surface area contributed by atoms with Crippen molar-refractivity contribution in [1.82, 2.24) is 5.32 Å². The molecular formula is C9H13NO2S. The van der Waals surface area contributed by atoms with Gasteiger partial charge in [0.05, 0.1) is 25.9 Å². The largest absolute Gasteiger partial charge is 0.391 e. The molecule has 1 aliphatic heterocycles. The van der Waals surface area contributed by atoms with Gasteiger partial charge in [-0.1, -0.05) is 0 Å². The summed E-state index contributed by atoms with van der Waals surface area (Å²) in [4.78, 5) is 1.02. The van der Waals surface area contributed by atoms with Gasteiger partial charge in [-0.2, -0.15) is 0 Å². The predicted molar refractivity (Wildman–Crippen MR) is 51.8 cm³/mol. The normalized spacial score (nSPS) is 23.3. The summed E-state index contributed by atoms with van der Waals surface area (Å²) < 4.78 is 5.36. The highest BCUT2D eigenvalue weighted by Gasteiger charge is 2.15. The van der Waals surface area contributed by atoms with Gasteiger partial charge in [-0.3, -0.25) is 0 Å². The quantitative estimate of drug-likeness (QED) is 0.743. The van der Waals surface area contributed by atoms with Crippen LogP contribution in [0.25, 0.3) is 0 Å². The summed E-state index contributed by atoms with van der Waals surface area (Å²) in [5.74, 6) is 0. The van der Waals surface area contributed by atoms with Crippen LogP contribution in [0.5, 0.6) is 0 Å². The molecule has 13 heavy (non-hydrogen) atoms. The van der Waals surface area contributed by atoms with Crippen molar-refractivity contribution >= 4 is 11.3 Å². The molecule has 72 valence electrons. The Hall–Kier alpha value is -0.420. The lowest BCUT2D eigenvalue weighted by atomic mass is 10.1. The monoisotopic (exact) mass is 199 g/mol. The lowest BCUT2D eigenvalue weighted by Gasteiger charge is -2.22. The van der Waals surface area contributed by atoms with E-state index in [-0.39, 0.29) is 6.61 Å². The Bertz CT molecular complexity index is 268. The summed E-state index contributed by atoms with van der Waals surface area (Å²) in [7, 11) is 0. The predicted octanol–water partition coefficient (Wildman–Crippen LogP) is 0.901. The third-order valence-electron chi connectivity index (χ3n) is 2.15. The third-order valence-corrected chi connectivity index (χ3v) is 3.09. The number of nitrogens with one attached hydrogen (secondary N) is 1. The summed E-state index contributed by atoms with van der Waals surface area (Å²) >= 11 is 1.60. The molecule has 4 heteroatoms. The van der Waals surface area contributed by atoms with Crippen LogP contribution in [0.1, 0.15) is 16.5 Å². The van der Waals surface area contributed by atoms with E-state index in [1.807, 2.05) is 6.07 Å². The maximum Gasteiger partial charge on any atom is 0.0774 e. The Labute approximate surface area is 81.3 Å². The maximum atomic E-state index is 8.91. The lowest BCUT2D eigenvalue weighted by molar-refractivity contribution is 0.0770.